The van der Waals surface area contributed by atoms with Gasteiger partial charge in [-0.2, -0.15) is 5.10 Å². The molecule has 1 fully saturated rings. The average molecular weight is 339 g/mol. The fraction of sp³-hybridized carbons (Fsp3) is 0.600. The molecule has 0 radical (unpaired) electrons. The molecule has 1 aromatic rings. The van der Waals surface area contributed by atoms with E-state index in [1.165, 1.54) is 6.20 Å². The van der Waals surface area contributed by atoms with Crippen molar-refractivity contribution in [3.05, 3.63) is 17.5 Å². The smallest absolute Gasteiger partial charge is 0.326 e. The highest BCUT2D eigenvalue weighted by molar-refractivity contribution is 5.97. The number of carbonyl (C=O) groups excluding carboxylic acids is 1. The third kappa shape index (κ3) is 3.73. The van der Waals surface area contributed by atoms with Gasteiger partial charge in [-0.15, -0.1) is 0 Å². The van der Waals surface area contributed by atoms with Crippen molar-refractivity contribution in [1.29, 1.82) is 0 Å². The lowest BCUT2D eigenvalue weighted by molar-refractivity contribution is -0.151. The molecule has 0 bridgehead atoms. The molecule has 3 N–H and O–H groups in total. The molecule has 9 nitrogen and oxygen atoms in total. The Bertz CT molecular complexity index is 635. The molecule has 0 spiro atoms. The summed E-state index contributed by atoms with van der Waals surface area (Å²) in [5.41, 5.74) is 0.914. The number of carboxylic acid groups (broad SMARTS) is 2. The zero-order valence-corrected chi connectivity index (χ0v) is 13.6. The van der Waals surface area contributed by atoms with Gasteiger partial charge in [0.25, 0.3) is 5.91 Å². The topological polar surface area (TPSA) is 131 Å². The Morgan fingerprint density at radius 1 is 1.42 bits per heavy atom. The lowest BCUT2D eigenvalue weighted by Crippen LogP contribution is -2.51. The van der Waals surface area contributed by atoms with Gasteiger partial charge in [0.2, 0.25) is 0 Å². The molecular weight excluding hydrogens is 318 g/mol. The first kappa shape index (κ1) is 17.9. The van der Waals surface area contributed by atoms with Gasteiger partial charge in [-0.3, -0.25) is 14.3 Å². The molecule has 1 atom stereocenters. The number of aliphatic carboxylic acids is 2. The minimum atomic E-state index is -1.17. The molecule has 0 saturated heterocycles. The van der Waals surface area contributed by atoms with Crippen LogP contribution in [0.15, 0.2) is 6.20 Å². The minimum Gasteiger partial charge on any atom is -0.481 e. The van der Waals surface area contributed by atoms with Crippen molar-refractivity contribution < 1.29 is 29.3 Å². The van der Waals surface area contributed by atoms with Gasteiger partial charge in [-0.1, -0.05) is 0 Å². The lowest BCUT2D eigenvalue weighted by Gasteiger charge is -2.36. The van der Waals surface area contributed by atoms with Crippen LogP contribution in [0.25, 0.3) is 0 Å². The van der Waals surface area contributed by atoms with Gasteiger partial charge < -0.3 is 20.3 Å². The Morgan fingerprint density at radius 2 is 2.08 bits per heavy atom. The molecule has 1 heterocycles. The van der Waals surface area contributed by atoms with Crippen LogP contribution in [0.2, 0.25) is 0 Å². The zero-order valence-electron chi connectivity index (χ0n) is 13.6. The molecule has 1 unspecified atom stereocenters. The summed E-state index contributed by atoms with van der Waals surface area (Å²) in [6, 6.07) is -1.10. The molecule has 132 valence electrons. The Hall–Kier alpha value is -2.42. The number of carboxylic acids is 2. The summed E-state index contributed by atoms with van der Waals surface area (Å²) in [5, 5.41) is 24.8. The van der Waals surface area contributed by atoms with Crippen molar-refractivity contribution in [2.24, 2.45) is 11.8 Å². The first-order valence-corrected chi connectivity index (χ1v) is 7.63. The van der Waals surface area contributed by atoms with Crippen LogP contribution in [0, 0.1) is 18.8 Å². The van der Waals surface area contributed by atoms with Crippen molar-refractivity contribution in [2.75, 3.05) is 13.7 Å². The number of hydrogen-bond acceptors (Lipinski definition) is 5. The quantitative estimate of drug-likeness (QED) is 0.613. The van der Waals surface area contributed by atoms with Crippen molar-refractivity contribution in [3.63, 3.8) is 0 Å². The van der Waals surface area contributed by atoms with E-state index < -0.39 is 29.8 Å². The Balaban J connectivity index is 2.02. The third-order valence-electron chi connectivity index (χ3n) is 4.40. The van der Waals surface area contributed by atoms with Gasteiger partial charge in [-0.25, -0.2) is 4.79 Å². The summed E-state index contributed by atoms with van der Waals surface area (Å²) in [4.78, 5) is 34.6. The average Bonchev–Trinajstić information content (AvgIpc) is 2.82. The van der Waals surface area contributed by atoms with E-state index in [-0.39, 0.29) is 18.8 Å². The van der Waals surface area contributed by atoms with Gasteiger partial charge in [0.05, 0.1) is 30.8 Å². The van der Waals surface area contributed by atoms with E-state index in [0.717, 1.165) is 0 Å². The molecule has 24 heavy (non-hydrogen) atoms. The maximum absolute atomic E-state index is 12.4. The Kier molecular flexibility index (Phi) is 5.55. The van der Waals surface area contributed by atoms with Crippen LogP contribution in [0.1, 0.15) is 28.9 Å². The second-order valence-corrected chi connectivity index (χ2v) is 5.92. The zero-order chi connectivity index (χ0) is 17.9. The minimum absolute atomic E-state index is 0.249. The number of nitrogens with zero attached hydrogens (tertiary/aromatic N) is 2. The molecular formula is C15H21N3O6. The van der Waals surface area contributed by atoms with E-state index in [4.69, 9.17) is 9.84 Å². The van der Waals surface area contributed by atoms with Gasteiger partial charge in [0.1, 0.15) is 6.04 Å². The van der Waals surface area contributed by atoms with Crippen LogP contribution in [0.4, 0.5) is 0 Å². The maximum atomic E-state index is 12.4. The SMILES string of the molecule is COCCn1ncc(C(=O)NC(C(=O)O)C2CC(C(=O)O)C2)c1C. The highest BCUT2D eigenvalue weighted by atomic mass is 16.5. The normalized spacial score (nSPS) is 20.9. The van der Waals surface area contributed by atoms with Crippen LogP contribution in [-0.2, 0) is 20.9 Å². The monoisotopic (exact) mass is 339 g/mol. The first-order chi connectivity index (χ1) is 11.3. The van der Waals surface area contributed by atoms with Crippen LogP contribution >= 0.6 is 0 Å². The first-order valence-electron chi connectivity index (χ1n) is 7.63. The molecule has 1 aliphatic carbocycles. The summed E-state index contributed by atoms with van der Waals surface area (Å²) in [6.07, 6.45) is 1.89. The van der Waals surface area contributed by atoms with Gasteiger partial charge in [0.15, 0.2) is 0 Å². The number of ether oxygens (including phenoxy) is 1. The number of aromatic nitrogens is 2. The molecule has 1 aliphatic rings. The van der Waals surface area contributed by atoms with Gasteiger partial charge >= 0.3 is 11.9 Å². The van der Waals surface area contributed by atoms with Crippen LogP contribution < -0.4 is 5.32 Å². The Labute approximate surface area is 138 Å². The van der Waals surface area contributed by atoms with E-state index in [9.17, 15) is 19.5 Å². The summed E-state index contributed by atoms with van der Waals surface area (Å²) >= 11 is 0. The molecule has 0 aliphatic heterocycles. The third-order valence-corrected chi connectivity index (χ3v) is 4.40. The summed E-state index contributed by atoms with van der Waals surface area (Å²) < 4.78 is 6.57. The standard InChI is InChI=1S/C15H21N3O6/c1-8-11(7-16-18(8)3-4-24-2)13(19)17-12(15(22)23)9-5-10(6-9)14(20)21/h7,9-10,12H,3-6H2,1-2H3,(H,17,19)(H,20,21)(H,22,23). The molecule has 1 amide bonds. The van der Waals surface area contributed by atoms with Crippen molar-refractivity contribution in [2.45, 2.75) is 32.4 Å². The van der Waals surface area contributed by atoms with Crippen LogP contribution in [0.5, 0.6) is 0 Å². The van der Waals surface area contributed by atoms with Gasteiger partial charge in [-0.05, 0) is 25.7 Å². The fourth-order valence-electron chi connectivity index (χ4n) is 2.81. The predicted molar refractivity (Wildman–Crippen MR) is 81.6 cm³/mol. The maximum Gasteiger partial charge on any atom is 0.326 e. The second-order valence-electron chi connectivity index (χ2n) is 5.92. The highest BCUT2D eigenvalue weighted by Crippen LogP contribution is 2.36. The largest absolute Gasteiger partial charge is 0.481 e. The van der Waals surface area contributed by atoms with Crippen LogP contribution in [-0.4, -0.2) is 57.6 Å². The molecule has 1 aromatic heterocycles. The number of nitrogens with one attached hydrogen (secondary N) is 1. The van der Waals surface area contributed by atoms with Crippen molar-refractivity contribution >= 4 is 17.8 Å². The molecule has 9 heteroatoms. The predicted octanol–water partition coefficient (Wildman–Crippen LogP) is 0.132. The number of hydrogen-bond donors (Lipinski definition) is 3. The summed E-state index contributed by atoms with van der Waals surface area (Å²) in [5.74, 6) is -3.54. The summed E-state index contributed by atoms with van der Waals surface area (Å²) in [6.45, 7) is 2.65. The van der Waals surface area contributed by atoms with Gasteiger partial charge in [0, 0.05) is 12.8 Å². The van der Waals surface area contributed by atoms with E-state index in [1.54, 1.807) is 18.7 Å². The van der Waals surface area contributed by atoms with E-state index >= 15 is 0 Å². The van der Waals surface area contributed by atoms with Crippen molar-refractivity contribution in [1.82, 2.24) is 15.1 Å². The fourth-order valence-corrected chi connectivity index (χ4v) is 2.81. The number of rotatable bonds is 8. The van der Waals surface area contributed by atoms with E-state index in [2.05, 4.69) is 10.4 Å². The Morgan fingerprint density at radius 3 is 2.62 bits per heavy atom. The number of methoxy groups -OCH3 is 1. The van der Waals surface area contributed by atoms with Crippen molar-refractivity contribution in [3.8, 4) is 0 Å². The lowest BCUT2D eigenvalue weighted by atomic mass is 9.71. The molecule has 1 saturated carbocycles. The molecule has 0 aromatic carbocycles. The molecule has 2 rings (SSSR count). The highest BCUT2D eigenvalue weighted by Gasteiger charge is 2.42. The number of amides is 1. The number of carbonyl (C=O) groups is 3. The summed E-state index contributed by atoms with van der Waals surface area (Å²) in [7, 11) is 1.56. The van der Waals surface area contributed by atoms with E-state index in [0.29, 0.717) is 24.4 Å². The van der Waals surface area contributed by atoms with E-state index in [1.807, 2.05) is 0 Å². The second kappa shape index (κ2) is 7.43. The van der Waals surface area contributed by atoms with Crippen LogP contribution in [0.3, 0.4) is 0 Å².